The molecule has 2 rings (SSSR count). The van der Waals surface area contributed by atoms with Crippen molar-refractivity contribution in [2.45, 2.75) is 38.6 Å². The number of furan rings is 1. The van der Waals surface area contributed by atoms with Crippen LogP contribution in [-0.2, 0) is 0 Å². The average Bonchev–Trinajstić information content (AvgIpc) is 2.64. The molecule has 1 unspecified atom stereocenters. The van der Waals surface area contributed by atoms with Gasteiger partial charge in [0.15, 0.2) is 0 Å². The van der Waals surface area contributed by atoms with Crippen molar-refractivity contribution < 1.29 is 14.3 Å². The van der Waals surface area contributed by atoms with Crippen molar-refractivity contribution in [1.29, 1.82) is 0 Å². The van der Waals surface area contributed by atoms with E-state index in [1.807, 2.05) is 0 Å². The fraction of sp³-hybridized carbons (Fsp3) is 0.615. The third-order valence-electron chi connectivity index (χ3n) is 3.44. The highest BCUT2D eigenvalue weighted by atomic mass is 16.3. The van der Waals surface area contributed by atoms with E-state index in [2.05, 4.69) is 0 Å². The fourth-order valence-corrected chi connectivity index (χ4v) is 2.40. The van der Waals surface area contributed by atoms with Crippen LogP contribution in [-0.4, -0.2) is 35.1 Å². The zero-order chi connectivity index (χ0) is 12.3. The van der Waals surface area contributed by atoms with E-state index in [0.717, 1.165) is 32.2 Å². The first-order chi connectivity index (χ1) is 8.24. The summed E-state index contributed by atoms with van der Waals surface area (Å²) in [5, 5.41) is 9.38. The Morgan fingerprint density at radius 1 is 1.53 bits per heavy atom. The van der Waals surface area contributed by atoms with Crippen LogP contribution in [0.3, 0.4) is 0 Å². The van der Waals surface area contributed by atoms with E-state index < -0.39 is 0 Å². The maximum Gasteiger partial charge on any atom is 0.257 e. The lowest BCUT2D eigenvalue weighted by atomic mass is 10.1. The number of rotatable bonds is 2. The first-order valence-corrected chi connectivity index (χ1v) is 6.20. The molecule has 1 atom stereocenters. The molecule has 0 aliphatic carbocycles. The molecular formula is C13H19NO3. The Hall–Kier alpha value is -1.29. The molecule has 17 heavy (non-hydrogen) atoms. The quantitative estimate of drug-likeness (QED) is 0.855. The maximum absolute atomic E-state index is 12.4. The Morgan fingerprint density at radius 3 is 3.00 bits per heavy atom. The Balaban J connectivity index is 2.18. The van der Waals surface area contributed by atoms with Crippen molar-refractivity contribution >= 4 is 5.91 Å². The van der Waals surface area contributed by atoms with Gasteiger partial charge in [0.05, 0.1) is 24.5 Å². The predicted molar refractivity (Wildman–Crippen MR) is 63.8 cm³/mol. The van der Waals surface area contributed by atoms with Gasteiger partial charge in [0, 0.05) is 6.54 Å². The van der Waals surface area contributed by atoms with Crippen molar-refractivity contribution in [3.8, 4) is 0 Å². The maximum atomic E-state index is 12.4. The van der Waals surface area contributed by atoms with Gasteiger partial charge in [-0.05, 0) is 25.8 Å². The molecule has 0 aromatic carbocycles. The summed E-state index contributed by atoms with van der Waals surface area (Å²) in [6.45, 7) is 2.57. The van der Waals surface area contributed by atoms with E-state index in [1.165, 1.54) is 6.26 Å². The number of aliphatic hydroxyl groups is 1. The molecule has 1 amide bonds. The SMILES string of the molecule is Cc1occc1C(=O)N1CCCCCC1CO. The zero-order valence-corrected chi connectivity index (χ0v) is 10.2. The molecule has 1 aromatic rings. The number of aryl methyl sites for hydroxylation is 1. The summed E-state index contributed by atoms with van der Waals surface area (Å²) in [5.41, 5.74) is 0.616. The van der Waals surface area contributed by atoms with Gasteiger partial charge in [-0.1, -0.05) is 12.8 Å². The van der Waals surface area contributed by atoms with Crippen LogP contribution in [0.1, 0.15) is 41.8 Å². The summed E-state index contributed by atoms with van der Waals surface area (Å²) in [5.74, 6) is 0.633. The second-order valence-corrected chi connectivity index (χ2v) is 4.57. The summed E-state index contributed by atoms with van der Waals surface area (Å²) < 4.78 is 5.17. The summed E-state index contributed by atoms with van der Waals surface area (Å²) in [6, 6.07) is 1.66. The zero-order valence-electron chi connectivity index (χ0n) is 10.2. The number of hydrogen-bond acceptors (Lipinski definition) is 3. The molecule has 0 bridgehead atoms. The molecule has 1 aliphatic rings. The topological polar surface area (TPSA) is 53.7 Å². The second kappa shape index (κ2) is 5.36. The van der Waals surface area contributed by atoms with Crippen molar-refractivity contribution in [1.82, 2.24) is 4.90 Å². The van der Waals surface area contributed by atoms with Crippen LogP contribution in [0.5, 0.6) is 0 Å². The minimum absolute atomic E-state index is 0.0165. The molecule has 0 saturated carbocycles. The van der Waals surface area contributed by atoms with E-state index in [9.17, 15) is 9.90 Å². The summed E-state index contributed by atoms with van der Waals surface area (Å²) in [7, 11) is 0. The Bertz CT molecular complexity index is 386. The Kier molecular flexibility index (Phi) is 3.84. The predicted octanol–water partition coefficient (Wildman–Crippen LogP) is 1.97. The molecule has 94 valence electrons. The molecule has 0 spiro atoms. The highest BCUT2D eigenvalue weighted by Crippen LogP contribution is 2.20. The van der Waals surface area contributed by atoms with E-state index in [4.69, 9.17) is 4.42 Å². The van der Waals surface area contributed by atoms with Crippen LogP contribution in [0.2, 0.25) is 0 Å². The smallest absolute Gasteiger partial charge is 0.257 e. The fourth-order valence-electron chi connectivity index (χ4n) is 2.40. The molecule has 0 radical (unpaired) electrons. The number of carbonyl (C=O) groups excluding carboxylic acids is 1. The van der Waals surface area contributed by atoms with E-state index in [-0.39, 0.29) is 18.6 Å². The Labute approximate surface area is 101 Å². The number of carbonyl (C=O) groups is 1. The van der Waals surface area contributed by atoms with Crippen LogP contribution in [0.4, 0.5) is 0 Å². The van der Waals surface area contributed by atoms with Gasteiger partial charge in [-0.15, -0.1) is 0 Å². The minimum Gasteiger partial charge on any atom is -0.469 e. The standard InChI is InChI=1S/C13H19NO3/c1-10-12(6-8-17-10)13(16)14-7-4-2-3-5-11(14)9-15/h6,8,11,15H,2-5,7,9H2,1H3. The molecule has 4 heteroatoms. The lowest BCUT2D eigenvalue weighted by Gasteiger charge is -2.28. The van der Waals surface area contributed by atoms with Gasteiger partial charge < -0.3 is 14.4 Å². The molecule has 1 saturated heterocycles. The first kappa shape index (κ1) is 12.2. The molecule has 1 N–H and O–H groups in total. The molecular weight excluding hydrogens is 218 g/mol. The van der Waals surface area contributed by atoms with E-state index in [1.54, 1.807) is 17.9 Å². The van der Waals surface area contributed by atoms with Gasteiger partial charge in [0.25, 0.3) is 5.91 Å². The molecule has 1 aromatic heterocycles. The number of aliphatic hydroxyl groups excluding tert-OH is 1. The van der Waals surface area contributed by atoms with Gasteiger partial charge in [0.2, 0.25) is 0 Å². The average molecular weight is 237 g/mol. The number of amides is 1. The van der Waals surface area contributed by atoms with Gasteiger partial charge in [-0.25, -0.2) is 0 Å². The first-order valence-electron chi connectivity index (χ1n) is 6.20. The largest absolute Gasteiger partial charge is 0.469 e. The van der Waals surface area contributed by atoms with Gasteiger partial charge in [-0.2, -0.15) is 0 Å². The molecule has 2 heterocycles. The van der Waals surface area contributed by atoms with E-state index in [0.29, 0.717) is 11.3 Å². The highest BCUT2D eigenvalue weighted by molar-refractivity contribution is 5.95. The summed E-state index contributed by atoms with van der Waals surface area (Å²) >= 11 is 0. The van der Waals surface area contributed by atoms with Crippen LogP contribution in [0.15, 0.2) is 16.7 Å². The summed E-state index contributed by atoms with van der Waals surface area (Å²) in [4.78, 5) is 14.2. The van der Waals surface area contributed by atoms with Gasteiger partial charge in [-0.3, -0.25) is 4.79 Å². The van der Waals surface area contributed by atoms with Crippen LogP contribution in [0, 0.1) is 6.92 Å². The molecule has 1 fully saturated rings. The normalized spacial score (nSPS) is 21.3. The van der Waals surface area contributed by atoms with Crippen LogP contribution in [0.25, 0.3) is 0 Å². The van der Waals surface area contributed by atoms with Gasteiger partial charge >= 0.3 is 0 Å². The highest BCUT2D eigenvalue weighted by Gasteiger charge is 2.27. The van der Waals surface area contributed by atoms with Crippen molar-refractivity contribution in [2.75, 3.05) is 13.2 Å². The van der Waals surface area contributed by atoms with Crippen molar-refractivity contribution in [3.63, 3.8) is 0 Å². The molecule has 1 aliphatic heterocycles. The van der Waals surface area contributed by atoms with Gasteiger partial charge in [0.1, 0.15) is 5.76 Å². The molecule has 4 nitrogen and oxygen atoms in total. The lowest BCUT2D eigenvalue weighted by molar-refractivity contribution is 0.0598. The second-order valence-electron chi connectivity index (χ2n) is 4.57. The van der Waals surface area contributed by atoms with E-state index >= 15 is 0 Å². The monoisotopic (exact) mass is 237 g/mol. The van der Waals surface area contributed by atoms with Crippen molar-refractivity contribution in [3.05, 3.63) is 23.7 Å². The van der Waals surface area contributed by atoms with Crippen LogP contribution >= 0.6 is 0 Å². The number of nitrogens with zero attached hydrogens (tertiary/aromatic N) is 1. The third kappa shape index (κ3) is 2.52. The minimum atomic E-state index is -0.0423. The van der Waals surface area contributed by atoms with Crippen LogP contribution < -0.4 is 0 Å². The third-order valence-corrected chi connectivity index (χ3v) is 3.44. The number of hydrogen-bond donors (Lipinski definition) is 1. The number of likely N-dealkylation sites (tertiary alicyclic amines) is 1. The Morgan fingerprint density at radius 2 is 2.35 bits per heavy atom. The van der Waals surface area contributed by atoms with Crippen molar-refractivity contribution in [2.24, 2.45) is 0 Å². The lowest BCUT2D eigenvalue weighted by Crippen LogP contribution is -2.42. The summed E-state index contributed by atoms with van der Waals surface area (Å²) in [6.07, 6.45) is 5.65.